The third-order valence-electron chi connectivity index (χ3n) is 4.74. The van der Waals surface area contributed by atoms with Crippen LogP contribution in [-0.4, -0.2) is 43.4 Å². The molecule has 0 bridgehead atoms. The number of anilines is 1. The Hall–Kier alpha value is -2.22. The van der Waals surface area contributed by atoms with Crippen molar-refractivity contribution in [1.29, 1.82) is 0 Å². The first-order valence-corrected chi connectivity index (χ1v) is 10.5. The molecular weight excluding hydrogens is 364 g/mol. The van der Waals surface area contributed by atoms with Crippen LogP contribution in [0.3, 0.4) is 0 Å². The number of fused-ring (bicyclic) bond motifs is 1. The van der Waals surface area contributed by atoms with Crippen LogP contribution in [0.4, 0.5) is 5.69 Å². The number of carbonyl (C=O) groups is 1. The van der Waals surface area contributed by atoms with Crippen molar-refractivity contribution in [2.45, 2.75) is 31.2 Å². The van der Waals surface area contributed by atoms with Gasteiger partial charge in [-0.3, -0.25) is 4.79 Å². The minimum absolute atomic E-state index is 0.0226. The van der Waals surface area contributed by atoms with E-state index >= 15 is 0 Å². The predicted molar refractivity (Wildman–Crippen MR) is 104 cm³/mol. The number of aliphatic hydroxyl groups is 1. The van der Waals surface area contributed by atoms with Gasteiger partial charge in [0, 0.05) is 31.7 Å². The van der Waals surface area contributed by atoms with Crippen LogP contribution in [0.2, 0.25) is 0 Å². The van der Waals surface area contributed by atoms with Gasteiger partial charge in [0.25, 0.3) is 0 Å². The zero-order valence-corrected chi connectivity index (χ0v) is 16.2. The first kappa shape index (κ1) is 19.5. The monoisotopic (exact) mass is 388 g/mol. The number of sulfonamides is 1. The molecule has 0 saturated heterocycles. The molecule has 0 aliphatic carbocycles. The number of hydrogen-bond acceptors (Lipinski definition) is 4. The zero-order valence-electron chi connectivity index (χ0n) is 15.3. The average Bonchev–Trinajstić information content (AvgIpc) is 3.11. The Kier molecular flexibility index (Phi) is 5.94. The molecule has 0 spiro atoms. The zero-order chi connectivity index (χ0) is 19.4. The summed E-state index contributed by atoms with van der Waals surface area (Å²) in [7, 11) is -3.76. The van der Waals surface area contributed by atoms with Gasteiger partial charge in [-0.1, -0.05) is 37.3 Å². The van der Waals surface area contributed by atoms with Crippen molar-refractivity contribution in [3.8, 4) is 0 Å². The molecule has 1 amide bonds. The van der Waals surface area contributed by atoms with Crippen LogP contribution in [0.5, 0.6) is 0 Å². The average molecular weight is 388 g/mol. The van der Waals surface area contributed by atoms with Gasteiger partial charge < -0.3 is 10.0 Å². The fourth-order valence-corrected chi connectivity index (χ4v) is 4.79. The molecule has 0 aromatic heterocycles. The van der Waals surface area contributed by atoms with Gasteiger partial charge in [-0.15, -0.1) is 0 Å². The van der Waals surface area contributed by atoms with Crippen LogP contribution in [0.1, 0.15) is 24.5 Å². The summed E-state index contributed by atoms with van der Waals surface area (Å²) in [4.78, 5) is 13.9. The summed E-state index contributed by atoms with van der Waals surface area (Å²) < 4.78 is 27.6. The van der Waals surface area contributed by atoms with E-state index in [1.165, 1.54) is 4.31 Å². The molecule has 1 N–H and O–H groups in total. The second-order valence-electron chi connectivity index (χ2n) is 6.49. The Morgan fingerprint density at radius 3 is 2.59 bits per heavy atom. The lowest BCUT2D eigenvalue weighted by Crippen LogP contribution is -2.33. The SMILES string of the molecule is CCC(=O)N1CCc2cc(S(=O)(=O)N(CCO)Cc3ccccc3)ccc21. The van der Waals surface area contributed by atoms with Crippen molar-refractivity contribution in [1.82, 2.24) is 4.31 Å². The van der Waals surface area contributed by atoms with Crippen molar-refractivity contribution in [3.63, 3.8) is 0 Å². The molecule has 0 fully saturated rings. The highest BCUT2D eigenvalue weighted by molar-refractivity contribution is 7.89. The van der Waals surface area contributed by atoms with Gasteiger partial charge in [0.2, 0.25) is 15.9 Å². The summed E-state index contributed by atoms with van der Waals surface area (Å²) in [5, 5.41) is 9.35. The summed E-state index contributed by atoms with van der Waals surface area (Å²) in [5.74, 6) is 0.0374. The van der Waals surface area contributed by atoms with E-state index in [-0.39, 0.29) is 30.5 Å². The third kappa shape index (κ3) is 4.05. The maximum Gasteiger partial charge on any atom is 0.243 e. The van der Waals surface area contributed by atoms with E-state index in [1.807, 2.05) is 37.3 Å². The van der Waals surface area contributed by atoms with Gasteiger partial charge in [0.15, 0.2) is 0 Å². The molecule has 0 unspecified atom stereocenters. The number of aliphatic hydroxyl groups excluding tert-OH is 1. The van der Waals surface area contributed by atoms with E-state index in [0.29, 0.717) is 19.4 Å². The van der Waals surface area contributed by atoms with Crippen LogP contribution in [0, 0.1) is 0 Å². The number of hydrogen-bond donors (Lipinski definition) is 1. The largest absolute Gasteiger partial charge is 0.395 e. The molecule has 2 aromatic rings. The van der Waals surface area contributed by atoms with E-state index in [9.17, 15) is 18.3 Å². The van der Waals surface area contributed by atoms with Crippen LogP contribution >= 0.6 is 0 Å². The topological polar surface area (TPSA) is 77.9 Å². The van der Waals surface area contributed by atoms with Crippen molar-refractivity contribution in [2.24, 2.45) is 0 Å². The molecule has 0 saturated carbocycles. The summed E-state index contributed by atoms with van der Waals surface area (Å²) in [6, 6.07) is 14.2. The van der Waals surface area contributed by atoms with E-state index < -0.39 is 10.0 Å². The molecule has 7 heteroatoms. The Labute approximate surface area is 160 Å². The lowest BCUT2D eigenvalue weighted by Gasteiger charge is -2.22. The highest BCUT2D eigenvalue weighted by Gasteiger charge is 2.28. The van der Waals surface area contributed by atoms with Crippen LogP contribution in [0.25, 0.3) is 0 Å². The highest BCUT2D eigenvalue weighted by Crippen LogP contribution is 2.31. The number of amides is 1. The standard InChI is InChI=1S/C20H24N2O4S/c1-2-20(24)22-11-10-17-14-18(8-9-19(17)22)27(25,26)21(12-13-23)15-16-6-4-3-5-7-16/h3-9,14,23H,2,10-13,15H2,1H3. The molecule has 1 heterocycles. The van der Waals surface area contributed by atoms with Crippen molar-refractivity contribution in [2.75, 3.05) is 24.6 Å². The number of rotatable bonds is 7. The van der Waals surface area contributed by atoms with E-state index in [0.717, 1.165) is 16.8 Å². The minimum Gasteiger partial charge on any atom is -0.395 e. The number of benzene rings is 2. The lowest BCUT2D eigenvalue weighted by molar-refractivity contribution is -0.118. The van der Waals surface area contributed by atoms with Gasteiger partial charge in [-0.05, 0) is 35.7 Å². The normalized spacial score (nSPS) is 13.8. The Bertz CT molecular complexity index is 913. The van der Waals surface area contributed by atoms with Gasteiger partial charge in [0.05, 0.1) is 11.5 Å². The fourth-order valence-electron chi connectivity index (χ4n) is 3.32. The minimum atomic E-state index is -3.76. The lowest BCUT2D eigenvalue weighted by atomic mass is 10.2. The maximum absolute atomic E-state index is 13.1. The Morgan fingerprint density at radius 2 is 1.93 bits per heavy atom. The summed E-state index contributed by atoms with van der Waals surface area (Å²) >= 11 is 0. The Morgan fingerprint density at radius 1 is 1.19 bits per heavy atom. The highest BCUT2D eigenvalue weighted by atomic mass is 32.2. The molecule has 6 nitrogen and oxygen atoms in total. The van der Waals surface area contributed by atoms with Crippen molar-refractivity contribution >= 4 is 21.6 Å². The van der Waals surface area contributed by atoms with Crippen LogP contribution < -0.4 is 4.90 Å². The van der Waals surface area contributed by atoms with Gasteiger partial charge in [-0.2, -0.15) is 4.31 Å². The van der Waals surface area contributed by atoms with Crippen molar-refractivity contribution < 1.29 is 18.3 Å². The van der Waals surface area contributed by atoms with Crippen LogP contribution in [0.15, 0.2) is 53.4 Å². The van der Waals surface area contributed by atoms with E-state index in [4.69, 9.17) is 0 Å². The molecular formula is C20H24N2O4S. The third-order valence-corrected chi connectivity index (χ3v) is 6.58. The second-order valence-corrected chi connectivity index (χ2v) is 8.43. The maximum atomic E-state index is 13.1. The smallest absolute Gasteiger partial charge is 0.243 e. The summed E-state index contributed by atoms with van der Waals surface area (Å²) in [5.41, 5.74) is 2.51. The molecule has 2 aromatic carbocycles. The van der Waals surface area contributed by atoms with Gasteiger partial charge in [-0.25, -0.2) is 8.42 Å². The van der Waals surface area contributed by atoms with E-state index in [1.54, 1.807) is 23.1 Å². The quantitative estimate of drug-likeness (QED) is 0.789. The molecule has 0 atom stereocenters. The van der Waals surface area contributed by atoms with Crippen LogP contribution in [-0.2, 0) is 27.8 Å². The summed E-state index contributed by atoms with van der Waals surface area (Å²) in [6.07, 6.45) is 1.06. The van der Waals surface area contributed by atoms with E-state index in [2.05, 4.69) is 0 Å². The molecule has 3 rings (SSSR count). The first-order valence-electron chi connectivity index (χ1n) is 9.05. The first-order chi connectivity index (χ1) is 13.0. The molecule has 1 aliphatic heterocycles. The number of nitrogens with zero attached hydrogens (tertiary/aromatic N) is 2. The van der Waals surface area contributed by atoms with Crippen molar-refractivity contribution in [3.05, 3.63) is 59.7 Å². The van der Waals surface area contributed by atoms with Gasteiger partial charge >= 0.3 is 0 Å². The second kappa shape index (κ2) is 8.21. The molecule has 27 heavy (non-hydrogen) atoms. The fraction of sp³-hybridized carbons (Fsp3) is 0.350. The molecule has 1 aliphatic rings. The van der Waals surface area contributed by atoms with Gasteiger partial charge in [0.1, 0.15) is 0 Å². The predicted octanol–water partition coefficient (Wildman–Crippen LogP) is 2.17. The number of carbonyl (C=O) groups excluding carboxylic acids is 1. The Balaban J connectivity index is 1.90. The molecule has 0 radical (unpaired) electrons. The summed E-state index contributed by atoms with van der Waals surface area (Å²) in [6.45, 7) is 2.36. The molecule has 144 valence electrons.